The number of imidazole rings is 1. The van der Waals surface area contributed by atoms with E-state index in [-0.39, 0.29) is 18.2 Å². The topological polar surface area (TPSA) is 106 Å². The number of fused-ring (bicyclic) bond motifs is 1. The first kappa shape index (κ1) is 26.4. The number of carbonyl (C=O) groups is 2. The van der Waals surface area contributed by atoms with E-state index in [2.05, 4.69) is 31.7 Å². The highest BCUT2D eigenvalue weighted by Gasteiger charge is 2.24. The Bertz CT molecular complexity index is 1480. The number of nitrogens with one attached hydrogen (secondary N) is 2. The lowest BCUT2D eigenvalue weighted by atomic mass is 10.0. The monoisotopic (exact) mass is 529 g/mol. The molecule has 0 radical (unpaired) electrons. The molecular formula is C29H35N7O3. The molecule has 39 heavy (non-hydrogen) atoms. The van der Waals surface area contributed by atoms with Crippen molar-refractivity contribution in [3.05, 3.63) is 72.4 Å². The molecule has 1 saturated heterocycles. The lowest BCUT2D eigenvalue weighted by Crippen LogP contribution is -2.48. The van der Waals surface area contributed by atoms with E-state index in [0.717, 1.165) is 47.2 Å². The van der Waals surface area contributed by atoms with Crippen LogP contribution in [0.3, 0.4) is 0 Å². The van der Waals surface area contributed by atoms with Crippen LogP contribution in [0, 0.1) is 6.92 Å². The minimum Gasteiger partial charge on any atom is -0.444 e. The summed E-state index contributed by atoms with van der Waals surface area (Å²) in [6.45, 7) is 9.83. The molecule has 10 heteroatoms. The van der Waals surface area contributed by atoms with E-state index in [1.165, 1.54) is 4.68 Å². The Morgan fingerprint density at radius 2 is 1.97 bits per heavy atom. The number of amides is 2. The molecule has 4 aromatic rings. The van der Waals surface area contributed by atoms with Crippen molar-refractivity contribution in [2.24, 2.45) is 0 Å². The third-order valence-electron chi connectivity index (χ3n) is 6.54. The molecule has 3 heterocycles. The lowest BCUT2D eigenvalue weighted by molar-refractivity contribution is 0.0470. The zero-order valence-electron chi connectivity index (χ0n) is 22.8. The van der Waals surface area contributed by atoms with Gasteiger partial charge in [0.15, 0.2) is 0 Å². The van der Waals surface area contributed by atoms with Crippen LogP contribution in [-0.2, 0) is 11.3 Å². The van der Waals surface area contributed by atoms with Gasteiger partial charge < -0.3 is 19.9 Å². The van der Waals surface area contributed by atoms with E-state index in [1.54, 1.807) is 12.5 Å². The van der Waals surface area contributed by atoms with Crippen molar-refractivity contribution >= 4 is 28.7 Å². The Hall–Kier alpha value is -4.18. The van der Waals surface area contributed by atoms with Gasteiger partial charge in [0.2, 0.25) is 0 Å². The van der Waals surface area contributed by atoms with Crippen LogP contribution < -0.4 is 10.6 Å². The summed E-state index contributed by atoms with van der Waals surface area (Å²) in [5.41, 5.74) is 3.72. The second-order valence-electron chi connectivity index (χ2n) is 11.1. The first-order valence-corrected chi connectivity index (χ1v) is 13.2. The fourth-order valence-corrected chi connectivity index (χ4v) is 4.91. The van der Waals surface area contributed by atoms with Gasteiger partial charge in [-0.25, -0.2) is 14.6 Å². The third-order valence-corrected chi connectivity index (χ3v) is 6.54. The van der Waals surface area contributed by atoms with Crippen molar-refractivity contribution in [3.63, 3.8) is 0 Å². The summed E-state index contributed by atoms with van der Waals surface area (Å²) in [6.07, 6.45) is 6.89. The summed E-state index contributed by atoms with van der Waals surface area (Å²) in [5, 5.41) is 11.2. The number of alkyl carbamates (subject to hydrolysis) is 1. The van der Waals surface area contributed by atoms with Gasteiger partial charge in [0.05, 0.1) is 23.7 Å². The van der Waals surface area contributed by atoms with Crippen LogP contribution in [0.25, 0.3) is 16.6 Å². The number of likely N-dealkylation sites (tertiary alicyclic amines) is 1. The molecule has 5 rings (SSSR count). The van der Waals surface area contributed by atoms with Crippen molar-refractivity contribution < 1.29 is 14.3 Å². The van der Waals surface area contributed by atoms with Crippen LogP contribution >= 0.6 is 0 Å². The molecule has 2 N–H and O–H groups in total. The number of hydrogen-bond acceptors (Lipinski definition) is 6. The quantitative estimate of drug-likeness (QED) is 0.373. The molecule has 1 atom stereocenters. The van der Waals surface area contributed by atoms with Gasteiger partial charge in [-0.3, -0.25) is 4.90 Å². The van der Waals surface area contributed by atoms with E-state index < -0.39 is 5.60 Å². The predicted octanol–water partition coefficient (Wildman–Crippen LogP) is 5.10. The second kappa shape index (κ2) is 10.9. The zero-order chi connectivity index (χ0) is 27.6. The molecule has 2 aromatic carbocycles. The van der Waals surface area contributed by atoms with E-state index in [9.17, 15) is 9.59 Å². The number of ether oxygens (including phenoxy) is 1. The maximum atomic E-state index is 13.2. The molecule has 0 bridgehead atoms. The summed E-state index contributed by atoms with van der Waals surface area (Å²) in [7, 11) is 0. The Balaban J connectivity index is 1.35. The maximum absolute atomic E-state index is 13.2. The maximum Gasteiger partial charge on any atom is 0.407 e. The van der Waals surface area contributed by atoms with Crippen molar-refractivity contribution in [1.29, 1.82) is 0 Å². The second-order valence-corrected chi connectivity index (χ2v) is 11.1. The molecule has 1 aliphatic heterocycles. The highest BCUT2D eigenvalue weighted by molar-refractivity contribution is 5.97. The van der Waals surface area contributed by atoms with E-state index in [0.29, 0.717) is 18.8 Å². The molecule has 0 aliphatic carbocycles. The molecular weight excluding hydrogens is 494 g/mol. The SMILES string of the molecule is Cc1cn(-c2cc(CN3CCC[C@H](NC(=O)OC(C)(C)C)C3)cc(NC(=O)n3ncc4ccccc43)c2)cn1. The number of aryl methyl sites for hydroxylation is 1. The summed E-state index contributed by atoms with van der Waals surface area (Å²) >= 11 is 0. The molecule has 204 valence electrons. The Kier molecular flexibility index (Phi) is 7.38. The number of para-hydroxylation sites is 1. The van der Waals surface area contributed by atoms with Crippen LogP contribution in [0.4, 0.5) is 15.3 Å². The van der Waals surface area contributed by atoms with E-state index in [1.807, 2.05) is 74.9 Å². The van der Waals surface area contributed by atoms with Gasteiger partial charge in [0.1, 0.15) is 5.60 Å². The number of rotatable bonds is 5. The van der Waals surface area contributed by atoms with Crippen molar-refractivity contribution in [2.75, 3.05) is 18.4 Å². The fraction of sp³-hybridized carbons (Fsp3) is 0.379. The van der Waals surface area contributed by atoms with Crippen LogP contribution in [0.15, 0.2) is 61.2 Å². The first-order valence-electron chi connectivity index (χ1n) is 13.2. The Morgan fingerprint density at radius 3 is 2.74 bits per heavy atom. The lowest BCUT2D eigenvalue weighted by Gasteiger charge is -2.33. The highest BCUT2D eigenvalue weighted by Crippen LogP contribution is 2.23. The third kappa shape index (κ3) is 6.64. The number of carbonyl (C=O) groups excluding carboxylic acids is 2. The first-order chi connectivity index (χ1) is 18.6. The zero-order valence-corrected chi connectivity index (χ0v) is 22.8. The average Bonchev–Trinajstić information content (AvgIpc) is 3.49. The molecule has 0 saturated carbocycles. The van der Waals surface area contributed by atoms with Gasteiger partial charge in [-0.15, -0.1) is 0 Å². The van der Waals surface area contributed by atoms with Crippen molar-refractivity contribution in [2.45, 2.75) is 58.7 Å². The number of aromatic nitrogens is 4. The number of anilines is 1. The average molecular weight is 530 g/mol. The van der Waals surface area contributed by atoms with Gasteiger partial charge in [-0.1, -0.05) is 18.2 Å². The fourth-order valence-electron chi connectivity index (χ4n) is 4.91. The van der Waals surface area contributed by atoms with Crippen molar-refractivity contribution in [1.82, 2.24) is 29.5 Å². The van der Waals surface area contributed by atoms with Gasteiger partial charge in [-0.05, 0) is 76.9 Å². The standard InChI is InChI=1S/C29H35N7O3/c1-20-16-35(19-30-20)25-13-21(17-34-11-7-9-23(18-34)33-28(38)39-29(2,3)4)12-24(14-25)32-27(37)36-26-10-6-5-8-22(26)15-31-36/h5-6,8,10,12-16,19,23H,7,9,11,17-18H2,1-4H3,(H,32,37)(H,33,38)/t23-/m0/s1. The molecule has 0 spiro atoms. The molecule has 2 aromatic heterocycles. The Labute approximate surface area is 228 Å². The van der Waals surface area contributed by atoms with Gasteiger partial charge >= 0.3 is 12.1 Å². The summed E-state index contributed by atoms with van der Waals surface area (Å²) < 4.78 is 8.77. The summed E-state index contributed by atoms with van der Waals surface area (Å²) in [6, 6.07) is 13.3. The molecule has 0 unspecified atom stereocenters. The largest absolute Gasteiger partial charge is 0.444 e. The smallest absolute Gasteiger partial charge is 0.407 e. The summed E-state index contributed by atoms with van der Waals surface area (Å²) in [5.74, 6) is 0. The molecule has 10 nitrogen and oxygen atoms in total. The minimum atomic E-state index is -0.534. The molecule has 1 fully saturated rings. The number of nitrogens with zero attached hydrogens (tertiary/aromatic N) is 5. The molecule has 2 amide bonds. The molecule has 1 aliphatic rings. The van der Waals surface area contributed by atoms with Gasteiger partial charge in [-0.2, -0.15) is 9.78 Å². The van der Waals surface area contributed by atoms with Crippen LogP contribution in [0.1, 0.15) is 44.9 Å². The normalized spacial score (nSPS) is 16.3. The van der Waals surface area contributed by atoms with Crippen LogP contribution in [-0.4, -0.2) is 61.1 Å². The van der Waals surface area contributed by atoms with Crippen molar-refractivity contribution in [3.8, 4) is 5.69 Å². The van der Waals surface area contributed by atoms with Crippen LogP contribution in [0.2, 0.25) is 0 Å². The van der Waals surface area contributed by atoms with Gasteiger partial charge in [0, 0.05) is 42.1 Å². The number of piperidine rings is 1. The van der Waals surface area contributed by atoms with Gasteiger partial charge in [0.25, 0.3) is 0 Å². The summed E-state index contributed by atoms with van der Waals surface area (Å²) in [4.78, 5) is 32.2. The highest BCUT2D eigenvalue weighted by atomic mass is 16.6. The van der Waals surface area contributed by atoms with E-state index in [4.69, 9.17) is 4.74 Å². The van der Waals surface area contributed by atoms with Crippen LogP contribution in [0.5, 0.6) is 0 Å². The number of benzene rings is 2. The van der Waals surface area contributed by atoms with E-state index >= 15 is 0 Å². The Morgan fingerprint density at radius 1 is 1.15 bits per heavy atom. The minimum absolute atomic E-state index is 0.0142. The number of hydrogen-bond donors (Lipinski definition) is 2. The predicted molar refractivity (Wildman–Crippen MR) is 150 cm³/mol.